The summed E-state index contributed by atoms with van der Waals surface area (Å²) < 4.78 is 0.832. The van der Waals surface area contributed by atoms with Crippen LogP contribution in [0.3, 0.4) is 0 Å². The second-order valence-electron chi connectivity index (χ2n) is 4.25. The highest BCUT2D eigenvalue weighted by Crippen LogP contribution is 2.28. The van der Waals surface area contributed by atoms with E-state index in [0.29, 0.717) is 15.6 Å². The van der Waals surface area contributed by atoms with E-state index in [1.54, 1.807) is 18.2 Å². The molecule has 0 bridgehead atoms. The number of carbonyl (C=O) groups is 1. The summed E-state index contributed by atoms with van der Waals surface area (Å²) in [5, 5.41) is 0.913. The Bertz CT molecular complexity index is 638. The molecule has 1 nitrogen and oxygen atoms in total. The molecule has 0 atom stereocenters. The van der Waals surface area contributed by atoms with Crippen LogP contribution in [0.4, 0.5) is 0 Å². The second kappa shape index (κ2) is 6.08. The van der Waals surface area contributed by atoms with Crippen LogP contribution >= 0.6 is 39.1 Å². The van der Waals surface area contributed by atoms with Gasteiger partial charge in [-0.25, -0.2) is 0 Å². The van der Waals surface area contributed by atoms with Gasteiger partial charge in [0.15, 0.2) is 5.78 Å². The summed E-state index contributed by atoms with van der Waals surface area (Å²) in [6.45, 7) is 1.95. The third kappa shape index (κ3) is 3.19. The Morgan fingerprint density at radius 3 is 2.58 bits per heavy atom. The fourth-order valence-corrected chi connectivity index (χ4v) is 2.69. The molecule has 0 N–H and O–H groups in total. The maximum absolute atomic E-state index is 12.3. The van der Waals surface area contributed by atoms with Crippen molar-refractivity contribution in [3.8, 4) is 0 Å². The third-order valence-electron chi connectivity index (χ3n) is 2.87. The Kier molecular flexibility index (Phi) is 4.67. The minimum atomic E-state index is 0.0136. The van der Waals surface area contributed by atoms with Crippen molar-refractivity contribution in [2.24, 2.45) is 0 Å². The van der Waals surface area contributed by atoms with Gasteiger partial charge in [0.2, 0.25) is 0 Å². The summed E-state index contributed by atoms with van der Waals surface area (Å²) in [4.78, 5) is 12.3. The van der Waals surface area contributed by atoms with Crippen LogP contribution in [0.1, 0.15) is 21.5 Å². The smallest absolute Gasteiger partial charge is 0.168 e. The number of Topliss-reactive ketones (excluding diaryl/α,β-unsaturated/α-hetero) is 1. The van der Waals surface area contributed by atoms with Crippen LogP contribution in [0.15, 0.2) is 40.9 Å². The predicted molar refractivity (Wildman–Crippen MR) is 83.4 cm³/mol. The minimum Gasteiger partial charge on any atom is -0.294 e. The maximum atomic E-state index is 12.3. The summed E-state index contributed by atoms with van der Waals surface area (Å²) in [5.41, 5.74) is 2.44. The van der Waals surface area contributed by atoms with E-state index in [4.69, 9.17) is 23.2 Å². The molecule has 0 fully saturated rings. The average molecular weight is 358 g/mol. The molecule has 0 heterocycles. The Morgan fingerprint density at radius 2 is 1.84 bits per heavy atom. The van der Waals surface area contributed by atoms with Crippen LogP contribution in [-0.2, 0) is 6.42 Å². The molecule has 0 saturated carbocycles. The fraction of sp³-hybridized carbons (Fsp3) is 0.133. The van der Waals surface area contributed by atoms with Gasteiger partial charge in [-0.05, 0) is 40.0 Å². The number of halogens is 3. The Labute approximate surface area is 130 Å². The average Bonchev–Trinajstić information content (AvgIpc) is 2.38. The molecule has 0 unspecified atom stereocenters. The zero-order valence-electron chi connectivity index (χ0n) is 10.2. The van der Waals surface area contributed by atoms with Crippen molar-refractivity contribution in [3.63, 3.8) is 0 Å². The van der Waals surface area contributed by atoms with Gasteiger partial charge in [0.25, 0.3) is 0 Å². The van der Waals surface area contributed by atoms with Gasteiger partial charge in [0.05, 0.1) is 10.0 Å². The van der Waals surface area contributed by atoms with Gasteiger partial charge in [0.1, 0.15) is 0 Å². The van der Waals surface area contributed by atoms with Gasteiger partial charge in [-0.15, -0.1) is 0 Å². The molecule has 0 spiro atoms. The molecule has 0 aromatic heterocycles. The molecule has 0 aliphatic heterocycles. The van der Waals surface area contributed by atoms with Gasteiger partial charge in [-0.3, -0.25) is 4.79 Å². The number of benzene rings is 2. The number of hydrogen-bond donors (Lipinski definition) is 0. The Morgan fingerprint density at radius 1 is 1.16 bits per heavy atom. The first-order valence-corrected chi connectivity index (χ1v) is 7.27. The number of rotatable bonds is 3. The van der Waals surface area contributed by atoms with Crippen molar-refractivity contribution in [1.29, 1.82) is 0 Å². The number of carbonyl (C=O) groups excluding carboxylic acids is 1. The standard InChI is InChI=1S/C15H11BrCl2O/c1-9-4-2-6-11(14(9)16)13(19)8-10-5-3-7-12(17)15(10)18/h2-7H,8H2,1H3. The van der Waals surface area contributed by atoms with Crippen molar-refractivity contribution in [2.75, 3.05) is 0 Å². The summed E-state index contributed by atoms with van der Waals surface area (Å²) >= 11 is 15.5. The van der Waals surface area contributed by atoms with E-state index in [1.807, 2.05) is 25.1 Å². The summed E-state index contributed by atoms with van der Waals surface area (Å²) in [6.07, 6.45) is 0.238. The van der Waals surface area contributed by atoms with E-state index in [-0.39, 0.29) is 12.2 Å². The van der Waals surface area contributed by atoms with Gasteiger partial charge in [0, 0.05) is 16.5 Å². The quantitative estimate of drug-likeness (QED) is 0.664. The van der Waals surface area contributed by atoms with E-state index in [2.05, 4.69) is 15.9 Å². The number of ketones is 1. The minimum absolute atomic E-state index is 0.0136. The first-order valence-electron chi connectivity index (χ1n) is 5.72. The molecular weight excluding hydrogens is 347 g/mol. The van der Waals surface area contributed by atoms with Crippen LogP contribution in [-0.4, -0.2) is 5.78 Å². The molecule has 2 rings (SSSR count). The van der Waals surface area contributed by atoms with Crippen LogP contribution in [0.25, 0.3) is 0 Å². The van der Waals surface area contributed by atoms with Crippen molar-refractivity contribution in [1.82, 2.24) is 0 Å². The Hall–Kier alpha value is -0.830. The van der Waals surface area contributed by atoms with Gasteiger partial charge < -0.3 is 0 Å². The zero-order chi connectivity index (χ0) is 14.0. The third-order valence-corrected chi connectivity index (χ3v) is 4.79. The lowest BCUT2D eigenvalue weighted by Crippen LogP contribution is -2.05. The van der Waals surface area contributed by atoms with E-state index in [0.717, 1.165) is 15.6 Å². The van der Waals surface area contributed by atoms with Crippen molar-refractivity contribution in [2.45, 2.75) is 13.3 Å². The van der Waals surface area contributed by atoms with Crippen molar-refractivity contribution >= 4 is 44.9 Å². The molecule has 0 saturated heterocycles. The summed E-state index contributed by atoms with van der Waals surface area (Å²) in [5.74, 6) is 0.0136. The lowest BCUT2D eigenvalue weighted by molar-refractivity contribution is 0.0992. The van der Waals surface area contributed by atoms with Gasteiger partial charge in [-0.1, -0.05) is 53.5 Å². The maximum Gasteiger partial charge on any atom is 0.168 e. The van der Waals surface area contributed by atoms with Crippen LogP contribution in [0.2, 0.25) is 10.0 Å². The topological polar surface area (TPSA) is 17.1 Å². The highest BCUT2D eigenvalue weighted by Gasteiger charge is 2.14. The van der Waals surface area contributed by atoms with Crippen LogP contribution in [0, 0.1) is 6.92 Å². The van der Waals surface area contributed by atoms with Crippen molar-refractivity contribution < 1.29 is 4.79 Å². The molecule has 4 heteroatoms. The largest absolute Gasteiger partial charge is 0.294 e. The summed E-state index contributed by atoms with van der Waals surface area (Å²) in [6, 6.07) is 10.9. The molecule has 0 amide bonds. The van der Waals surface area contributed by atoms with Crippen molar-refractivity contribution in [3.05, 3.63) is 67.6 Å². The monoisotopic (exact) mass is 356 g/mol. The number of hydrogen-bond acceptors (Lipinski definition) is 1. The van der Waals surface area contributed by atoms with Gasteiger partial charge >= 0.3 is 0 Å². The molecule has 2 aromatic carbocycles. The predicted octanol–water partition coefficient (Wildman–Crippen LogP) is 5.49. The molecule has 2 aromatic rings. The molecule has 0 aliphatic carbocycles. The van der Waals surface area contributed by atoms with E-state index in [1.165, 1.54) is 0 Å². The second-order valence-corrected chi connectivity index (χ2v) is 5.83. The van der Waals surface area contributed by atoms with Crippen LogP contribution < -0.4 is 0 Å². The van der Waals surface area contributed by atoms with Crippen LogP contribution in [0.5, 0.6) is 0 Å². The molecule has 98 valence electrons. The lowest BCUT2D eigenvalue weighted by Gasteiger charge is -2.08. The van der Waals surface area contributed by atoms with E-state index in [9.17, 15) is 4.79 Å². The lowest BCUT2D eigenvalue weighted by atomic mass is 10.0. The zero-order valence-corrected chi connectivity index (χ0v) is 13.3. The molecule has 19 heavy (non-hydrogen) atoms. The highest BCUT2D eigenvalue weighted by molar-refractivity contribution is 9.10. The molecule has 0 radical (unpaired) electrons. The summed E-state index contributed by atoms with van der Waals surface area (Å²) in [7, 11) is 0. The number of aryl methyl sites for hydroxylation is 1. The van der Waals surface area contributed by atoms with E-state index < -0.39 is 0 Å². The van der Waals surface area contributed by atoms with Gasteiger partial charge in [-0.2, -0.15) is 0 Å². The Balaban J connectivity index is 2.31. The first kappa shape index (κ1) is 14.6. The molecular formula is C15H11BrCl2O. The molecule has 0 aliphatic rings. The highest BCUT2D eigenvalue weighted by atomic mass is 79.9. The first-order chi connectivity index (χ1) is 9.00. The normalized spacial score (nSPS) is 10.5. The SMILES string of the molecule is Cc1cccc(C(=O)Cc2cccc(Cl)c2Cl)c1Br. The fourth-order valence-electron chi connectivity index (χ4n) is 1.82. The van der Waals surface area contributed by atoms with E-state index >= 15 is 0 Å².